The van der Waals surface area contributed by atoms with Crippen molar-refractivity contribution in [3.63, 3.8) is 0 Å². The third-order valence-corrected chi connectivity index (χ3v) is 7.60. The molecule has 3 N–H and O–H groups in total. The van der Waals surface area contributed by atoms with Crippen LogP contribution in [0.15, 0.2) is 46.1 Å². The topological polar surface area (TPSA) is 127 Å². The van der Waals surface area contributed by atoms with E-state index in [9.17, 15) is 19.6 Å². The Morgan fingerprint density at radius 2 is 2.03 bits per heavy atom. The largest absolute Gasteiger partial charge is 0.466 e. The highest BCUT2D eigenvalue weighted by atomic mass is 32.1. The number of anilines is 1. The SMILES string of the molecule is COC(=O)/C=c1\sc2n(c1=O)C(N)=C(C#N)[C@@H](c1cccs1)C=2C(=O)Nc1ccc(C)c(C)c1. The number of nitrogens with zero attached hydrogens (tertiary/aromatic N) is 2. The van der Waals surface area contributed by atoms with Crippen LogP contribution in [0.25, 0.3) is 17.5 Å². The van der Waals surface area contributed by atoms with E-state index in [1.807, 2.05) is 43.5 Å². The van der Waals surface area contributed by atoms with E-state index >= 15 is 0 Å². The van der Waals surface area contributed by atoms with Gasteiger partial charge < -0.3 is 15.8 Å². The summed E-state index contributed by atoms with van der Waals surface area (Å²) in [6.45, 7) is 3.91. The maximum Gasteiger partial charge on any atom is 0.332 e. The molecule has 34 heavy (non-hydrogen) atoms. The van der Waals surface area contributed by atoms with Crippen molar-refractivity contribution in [1.82, 2.24) is 4.57 Å². The third kappa shape index (κ3) is 3.96. The first-order chi connectivity index (χ1) is 16.3. The number of fused-ring (bicyclic) bond motifs is 1. The molecule has 0 bridgehead atoms. The zero-order valence-corrected chi connectivity index (χ0v) is 20.2. The van der Waals surface area contributed by atoms with Crippen LogP contribution in [0.2, 0.25) is 0 Å². The number of thiophene rings is 1. The quantitative estimate of drug-likeness (QED) is 0.535. The molecule has 0 unspecified atom stereocenters. The fourth-order valence-electron chi connectivity index (χ4n) is 3.69. The van der Waals surface area contributed by atoms with Gasteiger partial charge >= 0.3 is 5.97 Å². The van der Waals surface area contributed by atoms with E-state index in [1.165, 1.54) is 18.4 Å². The van der Waals surface area contributed by atoms with Crippen LogP contribution >= 0.6 is 22.7 Å². The van der Waals surface area contributed by atoms with Gasteiger partial charge in [-0.25, -0.2) is 4.79 Å². The number of carbonyl (C=O) groups excluding carboxylic acids is 2. The number of nitrogens with one attached hydrogen (secondary N) is 1. The van der Waals surface area contributed by atoms with Crippen LogP contribution in [0.4, 0.5) is 5.69 Å². The van der Waals surface area contributed by atoms with Crippen LogP contribution in [-0.2, 0) is 14.3 Å². The van der Waals surface area contributed by atoms with Gasteiger partial charge in [-0.05, 0) is 48.6 Å². The second-order valence-corrected chi connectivity index (χ2v) is 9.62. The highest BCUT2D eigenvalue weighted by Gasteiger charge is 2.36. The van der Waals surface area contributed by atoms with Crippen molar-refractivity contribution in [2.24, 2.45) is 5.73 Å². The molecule has 1 aliphatic heterocycles. The van der Waals surface area contributed by atoms with Crippen LogP contribution < -0.4 is 25.8 Å². The first kappa shape index (κ1) is 23.2. The van der Waals surface area contributed by atoms with E-state index in [0.717, 1.165) is 38.0 Å². The number of benzene rings is 1. The van der Waals surface area contributed by atoms with Gasteiger partial charge in [-0.1, -0.05) is 12.1 Å². The van der Waals surface area contributed by atoms with Gasteiger partial charge in [-0.3, -0.25) is 14.2 Å². The average molecular weight is 493 g/mol. The predicted molar refractivity (Wildman–Crippen MR) is 132 cm³/mol. The van der Waals surface area contributed by atoms with E-state index in [-0.39, 0.29) is 26.2 Å². The summed E-state index contributed by atoms with van der Waals surface area (Å²) in [6, 6.07) is 11.3. The summed E-state index contributed by atoms with van der Waals surface area (Å²) < 4.78 is 6.08. The highest BCUT2D eigenvalue weighted by molar-refractivity contribution is 7.10. The number of esters is 1. The molecule has 1 amide bonds. The predicted octanol–water partition coefficient (Wildman–Crippen LogP) is 1.78. The van der Waals surface area contributed by atoms with Crippen LogP contribution in [-0.4, -0.2) is 23.6 Å². The van der Waals surface area contributed by atoms with E-state index in [2.05, 4.69) is 16.1 Å². The average Bonchev–Trinajstić information content (AvgIpc) is 3.44. The summed E-state index contributed by atoms with van der Waals surface area (Å²) in [5.74, 6) is -2.01. The fourth-order valence-corrected chi connectivity index (χ4v) is 5.67. The molecular formula is C24H20N4O4S2. The van der Waals surface area contributed by atoms with Crippen molar-refractivity contribution in [3.05, 3.63) is 76.8 Å². The van der Waals surface area contributed by atoms with Crippen molar-refractivity contribution in [3.8, 4) is 6.07 Å². The number of allylic oxidation sites excluding steroid dienone is 1. The lowest BCUT2D eigenvalue weighted by Gasteiger charge is -2.24. The summed E-state index contributed by atoms with van der Waals surface area (Å²) in [7, 11) is 1.20. The van der Waals surface area contributed by atoms with Crippen molar-refractivity contribution >= 4 is 57.7 Å². The molecule has 172 valence electrons. The Hall–Kier alpha value is -3.94. The van der Waals surface area contributed by atoms with Gasteiger partial charge in [0.1, 0.15) is 15.0 Å². The van der Waals surface area contributed by atoms with Crippen LogP contribution in [0.3, 0.4) is 0 Å². The molecule has 0 saturated carbocycles. The van der Waals surface area contributed by atoms with Gasteiger partial charge in [0.25, 0.3) is 11.5 Å². The van der Waals surface area contributed by atoms with Gasteiger partial charge in [0, 0.05) is 16.6 Å². The molecule has 8 nitrogen and oxygen atoms in total. The third-order valence-electron chi connectivity index (χ3n) is 5.56. The van der Waals surface area contributed by atoms with E-state index in [4.69, 9.17) is 5.73 Å². The summed E-state index contributed by atoms with van der Waals surface area (Å²) in [5, 5.41) is 14.7. The molecule has 0 aliphatic carbocycles. The molecule has 1 aliphatic rings. The van der Waals surface area contributed by atoms with E-state index in [0.29, 0.717) is 5.69 Å². The monoisotopic (exact) mass is 492 g/mol. The lowest BCUT2D eigenvalue weighted by molar-refractivity contribution is -0.133. The molecule has 0 spiro atoms. The van der Waals surface area contributed by atoms with Crippen molar-refractivity contribution in [2.45, 2.75) is 19.8 Å². The second kappa shape index (κ2) is 9.13. The first-order valence-electron chi connectivity index (χ1n) is 10.1. The summed E-state index contributed by atoms with van der Waals surface area (Å²) in [6.07, 6.45) is 1.05. The molecule has 0 radical (unpaired) electrons. The Balaban J connectivity index is 2.02. The van der Waals surface area contributed by atoms with Crippen LogP contribution in [0.5, 0.6) is 0 Å². The number of methoxy groups -OCH3 is 1. The smallest absolute Gasteiger partial charge is 0.332 e. The normalized spacial score (nSPS) is 15.6. The number of hydrogen-bond donors (Lipinski definition) is 2. The lowest BCUT2D eigenvalue weighted by atomic mass is 9.88. The maximum absolute atomic E-state index is 13.7. The molecule has 2 aromatic heterocycles. The number of aromatic nitrogens is 1. The lowest BCUT2D eigenvalue weighted by Crippen LogP contribution is -2.40. The van der Waals surface area contributed by atoms with E-state index in [1.54, 1.807) is 6.07 Å². The number of aryl methyl sites for hydroxylation is 2. The first-order valence-corrected chi connectivity index (χ1v) is 11.8. The zero-order chi connectivity index (χ0) is 24.6. The highest BCUT2D eigenvalue weighted by Crippen LogP contribution is 2.38. The minimum absolute atomic E-state index is 0.0467. The van der Waals surface area contributed by atoms with Crippen molar-refractivity contribution < 1.29 is 14.3 Å². The van der Waals surface area contributed by atoms with Gasteiger partial charge in [0.05, 0.1) is 30.2 Å². The number of hydrogen-bond acceptors (Lipinski definition) is 8. The number of thiazole rings is 1. The molecule has 0 saturated heterocycles. The van der Waals surface area contributed by atoms with Gasteiger partial charge in [0.2, 0.25) is 0 Å². The Bertz CT molecular complexity index is 1570. The summed E-state index contributed by atoms with van der Waals surface area (Å²) >= 11 is 2.33. The molecule has 10 heteroatoms. The molecule has 1 aromatic carbocycles. The fraction of sp³-hybridized carbons (Fsp3) is 0.167. The molecular weight excluding hydrogens is 472 g/mol. The summed E-state index contributed by atoms with van der Waals surface area (Å²) in [5.41, 5.74) is 8.65. The number of rotatable bonds is 4. The minimum atomic E-state index is -0.763. The Morgan fingerprint density at radius 3 is 2.65 bits per heavy atom. The Morgan fingerprint density at radius 1 is 1.26 bits per heavy atom. The van der Waals surface area contributed by atoms with E-state index < -0.39 is 23.4 Å². The zero-order valence-electron chi connectivity index (χ0n) is 18.5. The van der Waals surface area contributed by atoms with Crippen molar-refractivity contribution in [2.75, 3.05) is 12.4 Å². The van der Waals surface area contributed by atoms with Gasteiger partial charge in [-0.15, -0.1) is 22.7 Å². The van der Waals surface area contributed by atoms with Crippen molar-refractivity contribution in [1.29, 1.82) is 5.26 Å². The Labute approximate surface area is 202 Å². The number of nitrogens with two attached hydrogens (primary N) is 1. The maximum atomic E-state index is 13.7. The standard InChI is InChI=1S/C24H20N4O4S2/c1-12-6-7-14(9-13(12)2)27-22(30)20-19(16-5-4-8-33-16)15(11-25)21(26)28-23(31)17(34-24(20)28)10-18(29)32-3/h4-10,19H,26H2,1-3H3,(H,27,30)/b17-10-/t19-/m0/s1. The van der Waals surface area contributed by atoms with Crippen LogP contribution in [0.1, 0.15) is 21.9 Å². The number of ether oxygens (including phenoxy) is 1. The number of amides is 1. The molecule has 0 fully saturated rings. The number of carbonyl (C=O) groups is 2. The molecule has 3 heterocycles. The molecule has 1 atom stereocenters. The minimum Gasteiger partial charge on any atom is -0.466 e. The van der Waals surface area contributed by atoms with Crippen LogP contribution in [0, 0.1) is 25.2 Å². The number of nitriles is 1. The van der Waals surface area contributed by atoms with Gasteiger partial charge in [0.15, 0.2) is 0 Å². The van der Waals surface area contributed by atoms with Gasteiger partial charge in [-0.2, -0.15) is 5.26 Å². The second-order valence-electron chi connectivity index (χ2n) is 7.61. The Kier molecular flexibility index (Phi) is 6.24. The molecule has 3 aromatic rings. The molecule has 4 rings (SSSR count). The summed E-state index contributed by atoms with van der Waals surface area (Å²) in [4.78, 5) is 39.3.